The summed E-state index contributed by atoms with van der Waals surface area (Å²) in [7, 11) is 0. The van der Waals surface area contributed by atoms with Crippen molar-refractivity contribution in [2.75, 3.05) is 0 Å². The van der Waals surface area contributed by atoms with Gasteiger partial charge in [-0.3, -0.25) is 9.59 Å². The number of carbonyl (C=O) groups is 2. The minimum absolute atomic E-state index is 0.0747. The van der Waals surface area contributed by atoms with Crippen molar-refractivity contribution in [1.82, 2.24) is 10.2 Å². The Kier molecular flexibility index (Phi) is 5.06. The van der Waals surface area contributed by atoms with Crippen LogP contribution in [0.2, 0.25) is 0 Å². The van der Waals surface area contributed by atoms with Crippen molar-refractivity contribution in [2.45, 2.75) is 50.0 Å². The van der Waals surface area contributed by atoms with Gasteiger partial charge in [0.1, 0.15) is 0 Å². The van der Waals surface area contributed by atoms with Crippen LogP contribution in [-0.4, -0.2) is 28.8 Å². The fraction of sp³-hybridized carbons (Fsp3) is 0.364. The Bertz CT molecular complexity index is 914. The highest BCUT2D eigenvalue weighted by atomic mass is 19.4. The maximum absolute atomic E-state index is 13.4. The molecule has 0 aromatic heterocycles. The molecule has 0 bridgehead atoms. The van der Waals surface area contributed by atoms with E-state index in [1.165, 1.54) is 6.07 Å². The number of alkyl halides is 3. The highest BCUT2D eigenvalue weighted by Gasteiger charge is 2.46. The van der Waals surface area contributed by atoms with Gasteiger partial charge in [0.2, 0.25) is 5.91 Å². The van der Waals surface area contributed by atoms with Crippen molar-refractivity contribution in [3.63, 3.8) is 0 Å². The van der Waals surface area contributed by atoms with Crippen LogP contribution in [0.4, 0.5) is 13.2 Å². The van der Waals surface area contributed by atoms with Crippen LogP contribution < -0.4 is 5.32 Å². The first kappa shape index (κ1) is 19.5. The van der Waals surface area contributed by atoms with E-state index in [1.807, 2.05) is 0 Å². The highest BCUT2D eigenvalue weighted by molar-refractivity contribution is 5.95. The zero-order chi connectivity index (χ0) is 20.6. The second-order valence-electron chi connectivity index (χ2n) is 7.59. The third kappa shape index (κ3) is 3.86. The molecule has 0 spiro atoms. The second-order valence-corrected chi connectivity index (χ2v) is 7.59. The molecule has 4 rings (SSSR count). The van der Waals surface area contributed by atoms with Gasteiger partial charge in [0, 0.05) is 12.0 Å². The maximum atomic E-state index is 13.4. The SMILES string of the molecule is O=C1CCC[C@H]2[C@@H](C[C@@H](c3cccc(C(F)(F)F)c3)N2C(=O)c2ccccc2)N1. The van der Waals surface area contributed by atoms with Crippen LogP contribution in [0.3, 0.4) is 0 Å². The third-order valence-corrected chi connectivity index (χ3v) is 5.74. The number of carbonyl (C=O) groups excluding carboxylic acids is 2. The predicted octanol–water partition coefficient (Wildman–Crippen LogP) is 4.33. The molecule has 0 unspecified atom stereocenters. The Balaban J connectivity index is 1.75. The van der Waals surface area contributed by atoms with Crippen LogP contribution in [0.5, 0.6) is 0 Å². The topological polar surface area (TPSA) is 49.4 Å². The van der Waals surface area contributed by atoms with Gasteiger partial charge in [0.15, 0.2) is 0 Å². The fourth-order valence-corrected chi connectivity index (χ4v) is 4.42. The van der Waals surface area contributed by atoms with Gasteiger partial charge in [-0.2, -0.15) is 13.2 Å². The number of hydrogen-bond donors (Lipinski definition) is 1. The number of benzene rings is 2. The highest BCUT2D eigenvalue weighted by Crippen LogP contribution is 2.41. The number of fused-ring (bicyclic) bond motifs is 1. The average Bonchev–Trinajstić information content (AvgIpc) is 2.95. The Hall–Kier alpha value is -2.83. The largest absolute Gasteiger partial charge is 0.416 e. The molecular formula is C22H21F3N2O2. The molecule has 0 saturated carbocycles. The number of hydrogen-bond acceptors (Lipinski definition) is 2. The molecule has 1 N–H and O–H groups in total. The number of nitrogens with one attached hydrogen (secondary N) is 1. The van der Waals surface area contributed by atoms with Crippen molar-refractivity contribution >= 4 is 11.8 Å². The van der Waals surface area contributed by atoms with E-state index in [9.17, 15) is 22.8 Å². The van der Waals surface area contributed by atoms with Gasteiger partial charge >= 0.3 is 6.18 Å². The van der Waals surface area contributed by atoms with E-state index in [4.69, 9.17) is 0 Å². The summed E-state index contributed by atoms with van der Waals surface area (Å²) in [5.74, 6) is -0.300. The zero-order valence-corrected chi connectivity index (χ0v) is 15.7. The van der Waals surface area contributed by atoms with Crippen molar-refractivity contribution in [3.05, 3.63) is 71.3 Å². The van der Waals surface area contributed by atoms with E-state index in [2.05, 4.69) is 5.32 Å². The van der Waals surface area contributed by atoms with Crippen LogP contribution in [0, 0.1) is 0 Å². The van der Waals surface area contributed by atoms with Crippen molar-refractivity contribution < 1.29 is 22.8 Å². The lowest BCUT2D eigenvalue weighted by Gasteiger charge is -2.31. The average molecular weight is 402 g/mol. The first-order valence-electron chi connectivity index (χ1n) is 9.69. The number of nitrogens with zero attached hydrogens (tertiary/aromatic N) is 1. The molecule has 3 atom stereocenters. The Morgan fingerprint density at radius 3 is 2.55 bits per heavy atom. The minimum atomic E-state index is -4.46. The summed E-state index contributed by atoms with van der Waals surface area (Å²) in [6.07, 6.45) is -2.38. The molecule has 2 aromatic rings. The number of halogens is 3. The molecule has 2 aliphatic rings. The quantitative estimate of drug-likeness (QED) is 0.813. The number of amides is 2. The van der Waals surface area contributed by atoms with E-state index >= 15 is 0 Å². The standard InChI is InChI=1S/C22H21F3N2O2/c23-22(24,25)16-9-4-8-15(12-16)19-13-17-18(10-5-11-20(28)26-17)27(19)21(29)14-6-2-1-3-7-14/h1-4,6-9,12,17-19H,5,10-11,13H2,(H,26,28)/t17-,18+,19+/m1/s1. The molecule has 2 aliphatic heterocycles. The summed E-state index contributed by atoms with van der Waals surface area (Å²) in [6, 6.07) is 12.8. The van der Waals surface area contributed by atoms with Gasteiger partial charge in [-0.05, 0) is 49.1 Å². The molecular weight excluding hydrogens is 381 g/mol. The summed E-state index contributed by atoms with van der Waals surface area (Å²) in [6.45, 7) is 0. The molecule has 4 nitrogen and oxygen atoms in total. The van der Waals surface area contributed by atoms with Crippen molar-refractivity contribution in [2.24, 2.45) is 0 Å². The van der Waals surface area contributed by atoms with Crippen LogP contribution in [0.15, 0.2) is 54.6 Å². The lowest BCUT2D eigenvalue weighted by molar-refractivity contribution is -0.137. The first-order chi connectivity index (χ1) is 13.8. The minimum Gasteiger partial charge on any atom is -0.351 e. The number of likely N-dealkylation sites (tertiary alicyclic amines) is 1. The van der Waals surface area contributed by atoms with Gasteiger partial charge < -0.3 is 10.2 Å². The van der Waals surface area contributed by atoms with Crippen LogP contribution >= 0.6 is 0 Å². The van der Waals surface area contributed by atoms with Crippen LogP contribution in [0.1, 0.15) is 53.2 Å². The molecule has 152 valence electrons. The monoisotopic (exact) mass is 402 g/mol. The second kappa shape index (κ2) is 7.54. The molecule has 0 radical (unpaired) electrons. The van der Waals surface area contributed by atoms with E-state index in [0.717, 1.165) is 12.1 Å². The molecule has 2 heterocycles. The van der Waals surface area contributed by atoms with E-state index in [1.54, 1.807) is 41.3 Å². The van der Waals surface area contributed by atoms with Gasteiger partial charge in [-0.1, -0.05) is 30.3 Å². The third-order valence-electron chi connectivity index (χ3n) is 5.74. The molecule has 2 amide bonds. The summed E-state index contributed by atoms with van der Waals surface area (Å²) in [5.41, 5.74) is 0.186. The summed E-state index contributed by atoms with van der Waals surface area (Å²) < 4.78 is 39.7. The first-order valence-corrected chi connectivity index (χ1v) is 9.69. The maximum Gasteiger partial charge on any atom is 0.416 e. The summed E-state index contributed by atoms with van der Waals surface area (Å²) in [4.78, 5) is 27.1. The molecule has 29 heavy (non-hydrogen) atoms. The molecule has 2 aromatic carbocycles. The van der Waals surface area contributed by atoms with Crippen LogP contribution in [0.25, 0.3) is 0 Å². The summed E-state index contributed by atoms with van der Waals surface area (Å²) >= 11 is 0. The Labute approximate surface area is 166 Å². The Morgan fingerprint density at radius 1 is 1.07 bits per heavy atom. The number of rotatable bonds is 2. The summed E-state index contributed by atoms with van der Waals surface area (Å²) in [5, 5.41) is 2.97. The van der Waals surface area contributed by atoms with Crippen LogP contribution in [-0.2, 0) is 11.0 Å². The normalized spacial score (nSPS) is 24.6. The van der Waals surface area contributed by atoms with E-state index < -0.39 is 17.8 Å². The lowest BCUT2D eigenvalue weighted by atomic mass is 9.99. The molecule has 0 aliphatic carbocycles. The fourth-order valence-electron chi connectivity index (χ4n) is 4.42. The molecule has 2 saturated heterocycles. The van der Waals surface area contributed by atoms with E-state index in [0.29, 0.717) is 36.8 Å². The van der Waals surface area contributed by atoms with Gasteiger partial charge in [-0.15, -0.1) is 0 Å². The van der Waals surface area contributed by atoms with Crippen molar-refractivity contribution in [3.8, 4) is 0 Å². The smallest absolute Gasteiger partial charge is 0.351 e. The van der Waals surface area contributed by atoms with Gasteiger partial charge in [0.05, 0.1) is 23.7 Å². The lowest BCUT2D eigenvalue weighted by Crippen LogP contribution is -2.45. The Morgan fingerprint density at radius 2 is 1.83 bits per heavy atom. The van der Waals surface area contributed by atoms with E-state index in [-0.39, 0.29) is 23.9 Å². The van der Waals surface area contributed by atoms with Crippen molar-refractivity contribution in [1.29, 1.82) is 0 Å². The molecule has 7 heteroatoms. The van der Waals surface area contributed by atoms with Gasteiger partial charge in [-0.25, -0.2) is 0 Å². The zero-order valence-electron chi connectivity index (χ0n) is 15.7. The predicted molar refractivity (Wildman–Crippen MR) is 101 cm³/mol. The van der Waals surface area contributed by atoms with Gasteiger partial charge in [0.25, 0.3) is 5.91 Å². The molecule has 2 fully saturated rings.